The SMILES string of the molecule is C=CC=C(CC1=CNC(C)C=C1)c1ccccc1C(=C)/C(=C\N)C1CCCCC1C. The Balaban J connectivity index is 1.93. The predicted octanol–water partition coefficient (Wildman–Crippen LogP) is 6.76. The molecule has 0 radical (unpaired) electrons. The normalized spacial score (nSPS) is 24.7. The number of dihydropyridines is 1. The van der Waals surface area contributed by atoms with Crippen LogP contribution >= 0.6 is 0 Å². The zero-order chi connectivity index (χ0) is 21.5. The van der Waals surface area contributed by atoms with Crippen LogP contribution in [0.4, 0.5) is 0 Å². The van der Waals surface area contributed by atoms with Crippen molar-refractivity contribution in [2.24, 2.45) is 17.6 Å². The molecule has 1 heterocycles. The smallest absolute Gasteiger partial charge is 0.0413 e. The maximum atomic E-state index is 6.17. The Kier molecular flexibility index (Phi) is 7.57. The standard InChI is InChI=1S/C28H36N2/c1-5-10-24(17-23-16-15-21(3)30-19-23)27-14-9-8-13-26(27)22(4)28(18-29)25-12-7-6-11-20(25)2/h5,8-10,13-16,18-21,25,30H,1,4,6-7,11-12,17,29H2,2-3H3/b24-10?,28-18+. The molecule has 0 spiro atoms. The minimum Gasteiger partial charge on any atom is -0.404 e. The fraction of sp³-hybridized carbons (Fsp3) is 0.357. The highest BCUT2D eigenvalue weighted by atomic mass is 14.9. The molecule has 0 amide bonds. The Morgan fingerprint density at radius 1 is 1.17 bits per heavy atom. The van der Waals surface area contributed by atoms with Gasteiger partial charge in [-0.15, -0.1) is 0 Å². The zero-order valence-electron chi connectivity index (χ0n) is 18.5. The van der Waals surface area contributed by atoms with Crippen molar-refractivity contribution in [3.8, 4) is 0 Å². The van der Waals surface area contributed by atoms with Gasteiger partial charge in [0, 0.05) is 12.2 Å². The molecule has 3 N–H and O–H groups in total. The summed E-state index contributed by atoms with van der Waals surface area (Å²) in [5.41, 5.74) is 13.3. The maximum Gasteiger partial charge on any atom is 0.0413 e. The molecule has 3 rings (SSSR count). The molecule has 3 atom stereocenters. The van der Waals surface area contributed by atoms with E-state index in [0.717, 1.165) is 12.0 Å². The fourth-order valence-electron chi connectivity index (χ4n) is 4.73. The third-order valence-electron chi connectivity index (χ3n) is 6.48. The summed E-state index contributed by atoms with van der Waals surface area (Å²) in [5.74, 6) is 1.14. The average Bonchev–Trinajstić information content (AvgIpc) is 2.76. The van der Waals surface area contributed by atoms with Gasteiger partial charge in [-0.05, 0) is 71.2 Å². The highest BCUT2D eigenvalue weighted by Gasteiger charge is 2.27. The van der Waals surface area contributed by atoms with Crippen LogP contribution in [-0.4, -0.2) is 6.04 Å². The van der Waals surface area contributed by atoms with Crippen molar-refractivity contribution in [2.75, 3.05) is 0 Å². The van der Waals surface area contributed by atoms with E-state index in [1.165, 1.54) is 53.5 Å². The van der Waals surface area contributed by atoms with Gasteiger partial charge in [0.05, 0.1) is 0 Å². The number of allylic oxidation sites excluding steroid dienone is 7. The first-order valence-electron chi connectivity index (χ1n) is 11.2. The molecule has 1 saturated carbocycles. The van der Waals surface area contributed by atoms with E-state index in [9.17, 15) is 0 Å². The van der Waals surface area contributed by atoms with Crippen LogP contribution in [0, 0.1) is 11.8 Å². The average molecular weight is 401 g/mol. The molecule has 3 unspecified atom stereocenters. The van der Waals surface area contributed by atoms with Crippen molar-refractivity contribution in [3.05, 3.63) is 96.4 Å². The topological polar surface area (TPSA) is 38.0 Å². The number of benzene rings is 1. The Morgan fingerprint density at radius 3 is 2.53 bits per heavy atom. The highest BCUT2D eigenvalue weighted by Crippen LogP contribution is 2.41. The zero-order valence-corrected chi connectivity index (χ0v) is 18.5. The second-order valence-electron chi connectivity index (χ2n) is 8.65. The van der Waals surface area contributed by atoms with E-state index in [1.807, 2.05) is 6.08 Å². The van der Waals surface area contributed by atoms with Crippen LogP contribution in [0.25, 0.3) is 11.1 Å². The molecule has 0 saturated heterocycles. The molecule has 1 fully saturated rings. The van der Waals surface area contributed by atoms with Gasteiger partial charge in [0.15, 0.2) is 0 Å². The predicted molar refractivity (Wildman–Crippen MR) is 131 cm³/mol. The van der Waals surface area contributed by atoms with E-state index in [2.05, 4.69) is 81.0 Å². The summed E-state index contributed by atoms with van der Waals surface area (Å²) in [6.45, 7) is 13.0. The van der Waals surface area contributed by atoms with Gasteiger partial charge in [-0.1, -0.05) is 87.9 Å². The molecule has 1 aliphatic heterocycles. The second-order valence-corrected chi connectivity index (χ2v) is 8.65. The Hall–Kier alpha value is -2.74. The number of hydrogen-bond donors (Lipinski definition) is 2. The van der Waals surface area contributed by atoms with Gasteiger partial charge in [-0.3, -0.25) is 0 Å². The molecule has 1 aliphatic carbocycles. The first kappa shape index (κ1) is 22.0. The number of rotatable bonds is 7. The lowest BCUT2D eigenvalue weighted by Crippen LogP contribution is -2.21. The molecule has 1 aromatic rings. The van der Waals surface area contributed by atoms with Crippen LogP contribution in [0.2, 0.25) is 0 Å². The highest BCUT2D eigenvalue weighted by molar-refractivity contribution is 5.86. The van der Waals surface area contributed by atoms with Crippen LogP contribution in [-0.2, 0) is 0 Å². The van der Waals surface area contributed by atoms with Crippen LogP contribution in [0.15, 0.2) is 85.3 Å². The Labute approximate surface area is 182 Å². The van der Waals surface area contributed by atoms with Crippen molar-refractivity contribution in [1.82, 2.24) is 5.32 Å². The van der Waals surface area contributed by atoms with Crippen LogP contribution in [0.1, 0.15) is 57.1 Å². The molecular formula is C28H36N2. The van der Waals surface area contributed by atoms with Gasteiger partial charge >= 0.3 is 0 Å². The number of hydrogen-bond acceptors (Lipinski definition) is 2. The third-order valence-corrected chi connectivity index (χ3v) is 6.48. The van der Waals surface area contributed by atoms with Crippen molar-refractivity contribution in [2.45, 2.75) is 52.0 Å². The van der Waals surface area contributed by atoms with E-state index < -0.39 is 0 Å². The minimum atomic E-state index is 0.377. The third kappa shape index (κ3) is 5.05. The Bertz CT molecular complexity index is 897. The van der Waals surface area contributed by atoms with Gasteiger partial charge in [-0.25, -0.2) is 0 Å². The van der Waals surface area contributed by atoms with Gasteiger partial charge in [0.2, 0.25) is 0 Å². The van der Waals surface area contributed by atoms with Gasteiger partial charge < -0.3 is 11.1 Å². The van der Waals surface area contributed by atoms with Gasteiger partial charge in [0.25, 0.3) is 0 Å². The summed E-state index contributed by atoms with van der Waals surface area (Å²) in [5, 5.41) is 3.40. The van der Waals surface area contributed by atoms with Crippen LogP contribution in [0.3, 0.4) is 0 Å². The lowest BCUT2D eigenvalue weighted by Gasteiger charge is -2.32. The van der Waals surface area contributed by atoms with Gasteiger partial charge in [-0.2, -0.15) is 0 Å². The van der Waals surface area contributed by atoms with E-state index in [4.69, 9.17) is 5.73 Å². The number of nitrogens with one attached hydrogen (secondary N) is 1. The van der Waals surface area contributed by atoms with Crippen LogP contribution in [0.5, 0.6) is 0 Å². The second kappa shape index (κ2) is 10.3. The largest absolute Gasteiger partial charge is 0.404 e. The lowest BCUT2D eigenvalue weighted by atomic mass is 9.73. The molecule has 0 bridgehead atoms. The van der Waals surface area contributed by atoms with E-state index >= 15 is 0 Å². The molecule has 30 heavy (non-hydrogen) atoms. The monoisotopic (exact) mass is 400 g/mol. The molecular weight excluding hydrogens is 364 g/mol. The summed E-state index contributed by atoms with van der Waals surface area (Å²) in [7, 11) is 0. The lowest BCUT2D eigenvalue weighted by molar-refractivity contribution is 0.298. The minimum absolute atomic E-state index is 0.377. The molecule has 1 aromatic carbocycles. The maximum absolute atomic E-state index is 6.17. The quantitative estimate of drug-likeness (QED) is 0.496. The molecule has 2 heteroatoms. The van der Waals surface area contributed by atoms with Crippen molar-refractivity contribution in [3.63, 3.8) is 0 Å². The van der Waals surface area contributed by atoms with Crippen molar-refractivity contribution in [1.29, 1.82) is 0 Å². The molecule has 0 aromatic heterocycles. The summed E-state index contributed by atoms with van der Waals surface area (Å²) < 4.78 is 0. The van der Waals surface area contributed by atoms with Crippen molar-refractivity contribution < 1.29 is 0 Å². The van der Waals surface area contributed by atoms with E-state index in [0.29, 0.717) is 17.9 Å². The van der Waals surface area contributed by atoms with E-state index in [-0.39, 0.29) is 0 Å². The summed E-state index contributed by atoms with van der Waals surface area (Å²) >= 11 is 0. The fourth-order valence-corrected chi connectivity index (χ4v) is 4.73. The summed E-state index contributed by atoms with van der Waals surface area (Å²) in [4.78, 5) is 0. The first-order valence-corrected chi connectivity index (χ1v) is 11.2. The molecule has 2 aliphatic rings. The molecule has 158 valence electrons. The molecule has 2 nitrogen and oxygen atoms in total. The number of nitrogens with two attached hydrogens (primary N) is 1. The summed E-state index contributed by atoms with van der Waals surface area (Å²) in [6.07, 6.45) is 18.2. The van der Waals surface area contributed by atoms with Crippen molar-refractivity contribution >= 4 is 11.1 Å². The Morgan fingerprint density at radius 2 is 1.90 bits per heavy atom. The van der Waals surface area contributed by atoms with Crippen LogP contribution < -0.4 is 11.1 Å². The first-order chi connectivity index (χ1) is 14.5. The summed E-state index contributed by atoms with van der Waals surface area (Å²) in [6, 6.07) is 8.94. The van der Waals surface area contributed by atoms with E-state index in [1.54, 1.807) is 6.20 Å². The van der Waals surface area contributed by atoms with Gasteiger partial charge in [0.1, 0.15) is 0 Å².